The Hall–Kier alpha value is -5.05. The molecule has 0 saturated heterocycles. The number of nitrogens with one attached hydrogen (secondary N) is 1. The van der Waals surface area contributed by atoms with Crippen LogP contribution in [0.5, 0.6) is 17.2 Å². The van der Waals surface area contributed by atoms with Crippen LogP contribution in [0, 0.1) is 6.92 Å². The van der Waals surface area contributed by atoms with Gasteiger partial charge in [0.1, 0.15) is 22.7 Å². The van der Waals surface area contributed by atoms with E-state index in [2.05, 4.69) is 30.6 Å². The minimum Gasteiger partial charge on any atom is -0.495 e. The van der Waals surface area contributed by atoms with Crippen LogP contribution in [-0.4, -0.2) is 32.4 Å². The summed E-state index contributed by atoms with van der Waals surface area (Å²) < 4.78 is 16.7. The summed E-state index contributed by atoms with van der Waals surface area (Å²) in [6, 6.07) is 20.9. The second-order valence-electron chi connectivity index (χ2n) is 8.08. The van der Waals surface area contributed by atoms with Crippen molar-refractivity contribution in [3.05, 3.63) is 84.8 Å². The van der Waals surface area contributed by atoms with Gasteiger partial charge in [0.05, 0.1) is 24.5 Å². The molecular formula is C27H20N6O3. The molecule has 9 nitrogen and oxygen atoms in total. The number of ether oxygens (including phenoxy) is 2. The first-order valence-corrected chi connectivity index (χ1v) is 11.2. The zero-order valence-electron chi connectivity index (χ0n) is 19.5. The van der Waals surface area contributed by atoms with Crippen LogP contribution in [0.2, 0.25) is 0 Å². The molecule has 0 unspecified atom stereocenters. The van der Waals surface area contributed by atoms with Crippen molar-refractivity contribution in [2.45, 2.75) is 6.92 Å². The van der Waals surface area contributed by atoms with Gasteiger partial charge in [0.25, 0.3) is 0 Å². The van der Waals surface area contributed by atoms with Crippen molar-refractivity contribution >= 4 is 33.3 Å². The van der Waals surface area contributed by atoms with Gasteiger partial charge < -0.3 is 19.3 Å². The summed E-state index contributed by atoms with van der Waals surface area (Å²) in [7, 11) is 1.60. The van der Waals surface area contributed by atoms with Gasteiger partial charge in [-0.1, -0.05) is 29.4 Å². The van der Waals surface area contributed by atoms with Gasteiger partial charge >= 0.3 is 0 Å². The molecule has 0 bridgehead atoms. The molecule has 9 heteroatoms. The summed E-state index contributed by atoms with van der Waals surface area (Å²) in [5.74, 6) is 3.14. The number of aryl methyl sites for hydroxylation is 1. The number of aromatic nitrogens is 5. The Morgan fingerprint density at radius 2 is 1.69 bits per heavy atom. The van der Waals surface area contributed by atoms with Crippen molar-refractivity contribution in [2.24, 2.45) is 0 Å². The number of nitrogens with zero attached hydrogens (tertiary/aromatic N) is 5. The number of benzene rings is 2. The van der Waals surface area contributed by atoms with Gasteiger partial charge in [-0.25, -0.2) is 4.98 Å². The zero-order valence-corrected chi connectivity index (χ0v) is 19.5. The second kappa shape index (κ2) is 8.95. The average Bonchev–Trinajstić information content (AvgIpc) is 3.35. The van der Waals surface area contributed by atoms with E-state index >= 15 is 0 Å². The summed E-state index contributed by atoms with van der Waals surface area (Å²) in [6.45, 7) is 1.87. The minimum atomic E-state index is 0.584. The lowest BCUT2D eigenvalue weighted by molar-refractivity contribution is 0.413. The van der Waals surface area contributed by atoms with Crippen LogP contribution in [0.3, 0.4) is 0 Å². The molecule has 4 heterocycles. The van der Waals surface area contributed by atoms with Crippen LogP contribution in [-0.2, 0) is 0 Å². The molecule has 0 fully saturated rings. The Balaban J connectivity index is 1.26. The smallest absolute Gasteiger partial charge is 0.187 e. The van der Waals surface area contributed by atoms with Crippen LogP contribution >= 0.6 is 0 Å². The number of fused-ring (bicyclic) bond motifs is 2. The molecule has 4 aromatic heterocycles. The van der Waals surface area contributed by atoms with Gasteiger partial charge in [-0.05, 0) is 31.2 Å². The maximum Gasteiger partial charge on any atom is 0.187 e. The third kappa shape index (κ3) is 4.03. The standard InChI is InChI=1S/C27H20N6O3/c1-16-13-24(36-33-16)25-20-5-3-4-6-21(20)27(32-31-25)30-17-7-9-18(10-8-17)35-23-11-12-28-22-14-19(34-2)15-29-26(22)23/h3-15H,1-2H3,(H,30,32). The number of methoxy groups -OCH3 is 1. The molecule has 0 aliphatic heterocycles. The number of hydrogen-bond acceptors (Lipinski definition) is 9. The summed E-state index contributed by atoms with van der Waals surface area (Å²) in [5, 5.41) is 18.0. The molecule has 0 saturated carbocycles. The summed E-state index contributed by atoms with van der Waals surface area (Å²) in [4.78, 5) is 8.78. The monoisotopic (exact) mass is 476 g/mol. The van der Waals surface area contributed by atoms with Crippen LogP contribution < -0.4 is 14.8 Å². The van der Waals surface area contributed by atoms with Gasteiger partial charge in [0.15, 0.2) is 17.3 Å². The minimum absolute atomic E-state index is 0.584. The van der Waals surface area contributed by atoms with Crippen molar-refractivity contribution in [2.75, 3.05) is 12.4 Å². The van der Waals surface area contributed by atoms with Gasteiger partial charge in [0, 0.05) is 40.9 Å². The fraction of sp³-hybridized carbons (Fsp3) is 0.0741. The van der Waals surface area contributed by atoms with E-state index in [-0.39, 0.29) is 0 Å². The largest absolute Gasteiger partial charge is 0.495 e. The van der Waals surface area contributed by atoms with E-state index in [0.29, 0.717) is 45.6 Å². The highest BCUT2D eigenvalue weighted by Gasteiger charge is 2.15. The summed E-state index contributed by atoms with van der Waals surface area (Å²) in [6.07, 6.45) is 3.33. The second-order valence-corrected chi connectivity index (χ2v) is 8.08. The van der Waals surface area contributed by atoms with Crippen molar-refractivity contribution in [3.63, 3.8) is 0 Å². The number of pyridine rings is 2. The van der Waals surface area contributed by atoms with Gasteiger partial charge in [0.2, 0.25) is 0 Å². The molecule has 6 aromatic rings. The van der Waals surface area contributed by atoms with E-state index in [9.17, 15) is 0 Å². The van der Waals surface area contributed by atoms with E-state index < -0.39 is 0 Å². The highest BCUT2D eigenvalue weighted by Crippen LogP contribution is 2.33. The SMILES string of the molecule is COc1cnc2c(Oc3ccc(Nc4nnc(-c5cc(C)no5)c5ccccc45)cc3)ccnc2c1. The number of anilines is 2. The summed E-state index contributed by atoms with van der Waals surface area (Å²) >= 11 is 0. The normalized spacial score (nSPS) is 11.1. The highest BCUT2D eigenvalue weighted by atomic mass is 16.5. The molecule has 36 heavy (non-hydrogen) atoms. The molecule has 2 aromatic carbocycles. The average molecular weight is 476 g/mol. The predicted octanol–water partition coefficient (Wildman–Crippen LogP) is 6.08. The Morgan fingerprint density at radius 3 is 2.47 bits per heavy atom. The van der Waals surface area contributed by atoms with Crippen molar-refractivity contribution < 1.29 is 14.0 Å². The lowest BCUT2D eigenvalue weighted by Crippen LogP contribution is -1.99. The third-order valence-electron chi connectivity index (χ3n) is 5.64. The molecule has 1 N–H and O–H groups in total. The Kier molecular flexibility index (Phi) is 5.34. The maximum absolute atomic E-state index is 6.09. The molecule has 0 aliphatic carbocycles. The van der Waals surface area contributed by atoms with E-state index in [4.69, 9.17) is 14.0 Å². The maximum atomic E-state index is 6.09. The van der Waals surface area contributed by atoms with Crippen LogP contribution in [0.25, 0.3) is 33.3 Å². The summed E-state index contributed by atoms with van der Waals surface area (Å²) in [5.41, 5.74) is 3.63. The van der Waals surface area contributed by atoms with E-state index in [0.717, 1.165) is 22.2 Å². The first kappa shape index (κ1) is 21.5. The first-order chi connectivity index (χ1) is 17.7. The third-order valence-corrected chi connectivity index (χ3v) is 5.64. The molecule has 0 aliphatic rings. The Labute approximate surface area is 205 Å². The fourth-order valence-corrected chi connectivity index (χ4v) is 3.90. The molecule has 176 valence electrons. The molecular weight excluding hydrogens is 456 g/mol. The van der Waals surface area contributed by atoms with Gasteiger partial charge in [-0.15, -0.1) is 10.2 Å². The fourth-order valence-electron chi connectivity index (χ4n) is 3.90. The Bertz CT molecular complexity index is 1700. The molecule has 0 atom stereocenters. The molecule has 0 spiro atoms. The topological polar surface area (TPSA) is 108 Å². The molecule has 6 rings (SSSR count). The van der Waals surface area contributed by atoms with Crippen LogP contribution in [0.4, 0.5) is 11.5 Å². The molecule has 0 radical (unpaired) electrons. The van der Waals surface area contributed by atoms with Crippen LogP contribution in [0.1, 0.15) is 5.69 Å². The van der Waals surface area contributed by atoms with E-state index in [1.165, 1.54) is 0 Å². The quantitative estimate of drug-likeness (QED) is 0.306. The predicted molar refractivity (Wildman–Crippen MR) is 136 cm³/mol. The highest BCUT2D eigenvalue weighted by molar-refractivity contribution is 6.00. The van der Waals surface area contributed by atoms with Crippen molar-refractivity contribution in [3.8, 4) is 28.7 Å². The van der Waals surface area contributed by atoms with Crippen molar-refractivity contribution in [1.82, 2.24) is 25.3 Å². The van der Waals surface area contributed by atoms with Gasteiger partial charge in [-0.3, -0.25) is 4.98 Å². The lowest BCUT2D eigenvalue weighted by Gasteiger charge is -2.11. The van der Waals surface area contributed by atoms with Crippen LogP contribution in [0.15, 0.2) is 83.6 Å². The lowest BCUT2D eigenvalue weighted by atomic mass is 10.1. The van der Waals surface area contributed by atoms with Crippen molar-refractivity contribution in [1.29, 1.82) is 0 Å². The Morgan fingerprint density at radius 1 is 0.861 bits per heavy atom. The van der Waals surface area contributed by atoms with E-state index in [1.54, 1.807) is 25.6 Å². The van der Waals surface area contributed by atoms with Gasteiger partial charge in [-0.2, -0.15) is 0 Å². The number of rotatable bonds is 6. The zero-order chi connectivity index (χ0) is 24.5. The van der Waals surface area contributed by atoms with E-state index in [1.807, 2.05) is 67.6 Å². The number of hydrogen-bond donors (Lipinski definition) is 1. The molecule has 0 amide bonds. The first-order valence-electron chi connectivity index (χ1n) is 11.2.